The Hall–Kier alpha value is -1.52. The summed E-state index contributed by atoms with van der Waals surface area (Å²) in [7, 11) is 0. The molecule has 2 fully saturated rings. The first-order valence-corrected chi connectivity index (χ1v) is 6.33. The molecule has 0 radical (unpaired) electrons. The van der Waals surface area contributed by atoms with Crippen LogP contribution in [-0.2, 0) is 19.1 Å². The second-order valence-electron chi connectivity index (χ2n) is 5.30. The Balaban J connectivity index is 2.17. The SMILES string of the molecule is CC1CCCCN1C=C1C(=O)OC(C)(C)OC1=O. The van der Waals surface area contributed by atoms with Crippen LogP contribution < -0.4 is 0 Å². The van der Waals surface area contributed by atoms with Crippen molar-refractivity contribution in [2.75, 3.05) is 6.54 Å². The van der Waals surface area contributed by atoms with Crippen molar-refractivity contribution in [3.63, 3.8) is 0 Å². The third-order valence-corrected chi connectivity index (χ3v) is 3.27. The van der Waals surface area contributed by atoms with Crippen molar-refractivity contribution in [3.05, 3.63) is 11.8 Å². The molecule has 0 aromatic rings. The fourth-order valence-electron chi connectivity index (χ4n) is 2.24. The fourth-order valence-corrected chi connectivity index (χ4v) is 2.24. The lowest BCUT2D eigenvalue weighted by Gasteiger charge is -2.34. The maximum atomic E-state index is 11.8. The van der Waals surface area contributed by atoms with Gasteiger partial charge in [0.2, 0.25) is 0 Å². The van der Waals surface area contributed by atoms with Crippen molar-refractivity contribution in [2.24, 2.45) is 0 Å². The summed E-state index contributed by atoms with van der Waals surface area (Å²) in [6, 6.07) is 0.335. The molecule has 0 aromatic heterocycles. The Bertz CT molecular complexity index is 378. The van der Waals surface area contributed by atoms with E-state index in [4.69, 9.17) is 9.47 Å². The summed E-state index contributed by atoms with van der Waals surface area (Å²) in [6.07, 6.45) is 4.91. The summed E-state index contributed by atoms with van der Waals surface area (Å²) in [5.74, 6) is -2.37. The quantitative estimate of drug-likeness (QED) is 0.403. The number of nitrogens with zero attached hydrogens (tertiary/aromatic N) is 1. The Labute approximate surface area is 107 Å². The number of esters is 2. The number of piperidine rings is 1. The minimum Gasteiger partial charge on any atom is -0.419 e. The van der Waals surface area contributed by atoms with Gasteiger partial charge >= 0.3 is 11.9 Å². The molecule has 2 heterocycles. The van der Waals surface area contributed by atoms with E-state index in [2.05, 4.69) is 6.92 Å². The van der Waals surface area contributed by atoms with Crippen LogP contribution in [0.3, 0.4) is 0 Å². The van der Waals surface area contributed by atoms with E-state index >= 15 is 0 Å². The summed E-state index contributed by atoms with van der Waals surface area (Å²) in [5, 5.41) is 0. The smallest absolute Gasteiger partial charge is 0.350 e. The molecule has 0 saturated carbocycles. The van der Waals surface area contributed by atoms with E-state index in [1.165, 1.54) is 6.42 Å². The molecule has 2 rings (SSSR count). The number of ether oxygens (including phenoxy) is 2. The zero-order chi connectivity index (χ0) is 13.3. The monoisotopic (exact) mass is 253 g/mol. The number of carbonyl (C=O) groups excluding carboxylic acids is 2. The van der Waals surface area contributed by atoms with Crippen LogP contribution in [0.25, 0.3) is 0 Å². The predicted molar refractivity (Wildman–Crippen MR) is 64.4 cm³/mol. The molecule has 18 heavy (non-hydrogen) atoms. The molecule has 1 atom stereocenters. The summed E-state index contributed by atoms with van der Waals surface area (Å²) >= 11 is 0. The molecule has 5 nitrogen and oxygen atoms in total. The molecular weight excluding hydrogens is 234 g/mol. The normalized spacial score (nSPS) is 27.6. The van der Waals surface area contributed by atoms with E-state index in [1.54, 1.807) is 20.0 Å². The lowest BCUT2D eigenvalue weighted by atomic mass is 10.0. The molecule has 0 N–H and O–H groups in total. The first-order valence-electron chi connectivity index (χ1n) is 6.33. The second kappa shape index (κ2) is 4.63. The summed E-state index contributed by atoms with van der Waals surface area (Å²) in [5.41, 5.74) is -0.0110. The van der Waals surface area contributed by atoms with E-state index < -0.39 is 17.7 Å². The number of hydrogen-bond acceptors (Lipinski definition) is 5. The Morgan fingerprint density at radius 1 is 1.22 bits per heavy atom. The summed E-state index contributed by atoms with van der Waals surface area (Å²) < 4.78 is 10.1. The van der Waals surface area contributed by atoms with Crippen LogP contribution in [-0.4, -0.2) is 35.2 Å². The van der Waals surface area contributed by atoms with Gasteiger partial charge in [-0.2, -0.15) is 0 Å². The van der Waals surface area contributed by atoms with Gasteiger partial charge in [0.25, 0.3) is 5.79 Å². The van der Waals surface area contributed by atoms with E-state index in [1.807, 2.05) is 4.90 Å². The highest BCUT2D eigenvalue weighted by Crippen LogP contribution is 2.24. The maximum absolute atomic E-state index is 11.8. The molecule has 5 heteroatoms. The highest BCUT2D eigenvalue weighted by Gasteiger charge is 2.39. The molecule has 2 aliphatic heterocycles. The maximum Gasteiger partial charge on any atom is 0.350 e. The average molecular weight is 253 g/mol. The van der Waals surface area contributed by atoms with Gasteiger partial charge in [-0.1, -0.05) is 0 Å². The first kappa shape index (κ1) is 12.9. The van der Waals surface area contributed by atoms with Crippen LogP contribution in [0.2, 0.25) is 0 Å². The van der Waals surface area contributed by atoms with Gasteiger partial charge in [0.15, 0.2) is 5.57 Å². The molecule has 100 valence electrons. The van der Waals surface area contributed by atoms with Gasteiger partial charge in [0, 0.05) is 32.6 Å². The Morgan fingerprint density at radius 2 is 1.83 bits per heavy atom. The average Bonchev–Trinajstić information content (AvgIpc) is 2.24. The summed E-state index contributed by atoms with van der Waals surface area (Å²) in [4.78, 5) is 25.6. The van der Waals surface area contributed by atoms with E-state index in [0.29, 0.717) is 6.04 Å². The molecule has 0 aromatic carbocycles. The first-order chi connectivity index (χ1) is 8.39. The van der Waals surface area contributed by atoms with Gasteiger partial charge in [0.05, 0.1) is 0 Å². The van der Waals surface area contributed by atoms with Crippen molar-refractivity contribution in [1.29, 1.82) is 0 Å². The second-order valence-corrected chi connectivity index (χ2v) is 5.30. The van der Waals surface area contributed by atoms with E-state index in [9.17, 15) is 9.59 Å². The largest absolute Gasteiger partial charge is 0.419 e. The minimum atomic E-state index is -1.17. The van der Waals surface area contributed by atoms with Crippen molar-refractivity contribution in [1.82, 2.24) is 4.90 Å². The third kappa shape index (κ3) is 2.66. The predicted octanol–water partition coefficient (Wildman–Crippen LogP) is 1.58. The standard InChI is InChI=1S/C13H19NO4/c1-9-6-4-5-7-14(9)8-10-11(15)17-13(2,3)18-12(10)16/h8-9H,4-7H2,1-3H3. The number of carbonyl (C=O) groups is 2. The highest BCUT2D eigenvalue weighted by atomic mass is 16.7. The lowest BCUT2D eigenvalue weighted by molar-refractivity contribution is -0.222. The zero-order valence-corrected chi connectivity index (χ0v) is 11.1. The number of hydrogen-bond donors (Lipinski definition) is 0. The van der Waals surface area contributed by atoms with Gasteiger partial charge in [-0.3, -0.25) is 0 Å². The number of rotatable bonds is 1. The minimum absolute atomic E-state index is 0.0110. The highest BCUT2D eigenvalue weighted by molar-refractivity contribution is 6.15. The van der Waals surface area contributed by atoms with E-state index in [0.717, 1.165) is 19.4 Å². The van der Waals surface area contributed by atoms with E-state index in [-0.39, 0.29) is 5.57 Å². The van der Waals surface area contributed by atoms with Crippen LogP contribution in [0, 0.1) is 0 Å². The van der Waals surface area contributed by atoms with Crippen LogP contribution >= 0.6 is 0 Å². The van der Waals surface area contributed by atoms with Gasteiger partial charge in [-0.05, 0) is 26.2 Å². The third-order valence-electron chi connectivity index (χ3n) is 3.27. The van der Waals surface area contributed by atoms with Gasteiger partial charge in [0.1, 0.15) is 0 Å². The molecule has 2 saturated heterocycles. The molecule has 0 aliphatic carbocycles. The van der Waals surface area contributed by atoms with Crippen LogP contribution in [0.4, 0.5) is 0 Å². The van der Waals surface area contributed by atoms with Gasteiger partial charge < -0.3 is 14.4 Å². The number of cyclic esters (lactones) is 2. The molecule has 1 unspecified atom stereocenters. The molecule has 0 spiro atoms. The van der Waals surface area contributed by atoms with Crippen LogP contribution in [0.5, 0.6) is 0 Å². The van der Waals surface area contributed by atoms with Crippen LogP contribution in [0.1, 0.15) is 40.0 Å². The van der Waals surface area contributed by atoms with Gasteiger partial charge in [-0.25, -0.2) is 9.59 Å². The molecule has 2 aliphatic rings. The Morgan fingerprint density at radius 3 is 2.39 bits per heavy atom. The van der Waals surface area contributed by atoms with Crippen molar-refractivity contribution in [3.8, 4) is 0 Å². The Kier molecular flexibility index (Phi) is 3.32. The van der Waals surface area contributed by atoms with Crippen molar-refractivity contribution < 1.29 is 19.1 Å². The van der Waals surface area contributed by atoms with Crippen LogP contribution in [0.15, 0.2) is 11.8 Å². The summed E-state index contributed by atoms with van der Waals surface area (Å²) in [6.45, 7) is 6.03. The fraction of sp³-hybridized carbons (Fsp3) is 0.692. The zero-order valence-electron chi connectivity index (χ0n) is 11.1. The lowest BCUT2D eigenvalue weighted by Crippen LogP contribution is -2.43. The molecule has 0 amide bonds. The number of likely N-dealkylation sites (tertiary alicyclic amines) is 1. The van der Waals surface area contributed by atoms with Crippen molar-refractivity contribution in [2.45, 2.75) is 51.9 Å². The molecular formula is C13H19NO4. The topological polar surface area (TPSA) is 55.8 Å². The van der Waals surface area contributed by atoms with Gasteiger partial charge in [-0.15, -0.1) is 0 Å². The van der Waals surface area contributed by atoms with Crippen molar-refractivity contribution >= 4 is 11.9 Å². The molecule has 0 bridgehead atoms.